The summed E-state index contributed by atoms with van der Waals surface area (Å²) in [6.45, 7) is 3.50. The van der Waals surface area contributed by atoms with Crippen LogP contribution in [0.1, 0.15) is 30.9 Å². The molecule has 160 valence electrons. The van der Waals surface area contributed by atoms with Gasteiger partial charge in [-0.15, -0.1) is 0 Å². The lowest BCUT2D eigenvalue weighted by Crippen LogP contribution is -2.11. The van der Waals surface area contributed by atoms with Crippen LogP contribution in [-0.2, 0) is 19.7 Å². The van der Waals surface area contributed by atoms with Crippen molar-refractivity contribution < 1.29 is 9.47 Å². The first-order valence-corrected chi connectivity index (χ1v) is 11.0. The Morgan fingerprint density at radius 3 is 2.60 bits per heavy atom. The van der Waals surface area contributed by atoms with E-state index in [0.717, 1.165) is 29.4 Å². The number of anilines is 1. The van der Waals surface area contributed by atoms with Crippen LogP contribution < -0.4 is 14.8 Å². The Balaban J connectivity index is 1.83. The van der Waals surface area contributed by atoms with Gasteiger partial charge in [0.15, 0.2) is 11.5 Å². The number of hydrogen-bond donors (Lipinski definition) is 1. The topological polar surface area (TPSA) is 74.1 Å². The van der Waals surface area contributed by atoms with Crippen molar-refractivity contribution in [1.82, 2.24) is 20.2 Å². The minimum atomic E-state index is 0.201. The summed E-state index contributed by atoms with van der Waals surface area (Å²) in [4.78, 5) is 0. The third-order valence-electron chi connectivity index (χ3n) is 4.49. The van der Waals surface area contributed by atoms with E-state index in [2.05, 4.69) is 43.7 Å². The zero-order valence-electron chi connectivity index (χ0n) is 16.7. The van der Waals surface area contributed by atoms with E-state index in [4.69, 9.17) is 32.7 Å². The number of aromatic nitrogens is 4. The molecule has 0 amide bonds. The standard InChI is InChI=1S/C20H22BrCl2N5O2/c1-3-4-10-28-20(25-26-27-28)24-11-13-15(21)8-9-18(29-2)19(13)30-12-14-16(22)6-5-7-17(14)23/h5-9H,3-4,10-12H2,1-2H3,(H,24,25,27). The maximum absolute atomic E-state index is 6.29. The summed E-state index contributed by atoms with van der Waals surface area (Å²) >= 11 is 16.2. The van der Waals surface area contributed by atoms with Crippen LogP contribution in [0.5, 0.6) is 11.5 Å². The van der Waals surface area contributed by atoms with Gasteiger partial charge in [-0.25, -0.2) is 4.68 Å². The predicted molar refractivity (Wildman–Crippen MR) is 122 cm³/mol. The number of tetrazole rings is 1. The highest BCUT2D eigenvalue weighted by Crippen LogP contribution is 2.38. The average molecular weight is 515 g/mol. The molecule has 1 heterocycles. The lowest BCUT2D eigenvalue weighted by molar-refractivity contribution is 0.281. The first-order valence-electron chi connectivity index (χ1n) is 9.46. The van der Waals surface area contributed by atoms with Crippen LogP contribution in [0.4, 0.5) is 5.95 Å². The normalized spacial score (nSPS) is 10.8. The van der Waals surface area contributed by atoms with Gasteiger partial charge in [-0.2, -0.15) is 0 Å². The van der Waals surface area contributed by atoms with Crippen molar-refractivity contribution >= 4 is 45.1 Å². The number of benzene rings is 2. The second-order valence-corrected chi connectivity index (χ2v) is 8.15. The van der Waals surface area contributed by atoms with Crippen molar-refractivity contribution in [1.29, 1.82) is 0 Å². The van der Waals surface area contributed by atoms with Crippen molar-refractivity contribution in [3.05, 3.63) is 56.0 Å². The highest BCUT2D eigenvalue weighted by Gasteiger charge is 2.17. The van der Waals surface area contributed by atoms with Gasteiger partial charge in [0.1, 0.15) is 6.61 Å². The molecular weight excluding hydrogens is 493 g/mol. The predicted octanol–water partition coefficient (Wildman–Crippen LogP) is 5.74. The summed E-state index contributed by atoms with van der Waals surface area (Å²) < 4.78 is 14.3. The van der Waals surface area contributed by atoms with Crippen molar-refractivity contribution in [2.24, 2.45) is 0 Å². The molecule has 0 saturated carbocycles. The Kier molecular flexibility index (Phi) is 8.18. The Hall–Kier alpha value is -2.03. The number of halogens is 3. The Morgan fingerprint density at radius 2 is 1.90 bits per heavy atom. The number of methoxy groups -OCH3 is 1. The van der Waals surface area contributed by atoms with Crippen LogP contribution in [-0.4, -0.2) is 27.3 Å². The second kappa shape index (κ2) is 10.8. The zero-order chi connectivity index (χ0) is 21.5. The maximum atomic E-state index is 6.29. The summed E-state index contributed by atoms with van der Waals surface area (Å²) in [6.07, 6.45) is 2.05. The van der Waals surface area contributed by atoms with Gasteiger partial charge in [0, 0.05) is 38.7 Å². The molecule has 0 spiro atoms. The number of unbranched alkanes of at least 4 members (excludes halogenated alkanes) is 1. The smallest absolute Gasteiger partial charge is 0.243 e. The molecule has 0 unspecified atom stereocenters. The average Bonchev–Trinajstić information content (AvgIpc) is 3.18. The molecule has 10 heteroatoms. The van der Waals surface area contributed by atoms with E-state index in [1.165, 1.54) is 0 Å². The van der Waals surface area contributed by atoms with Gasteiger partial charge >= 0.3 is 0 Å². The van der Waals surface area contributed by atoms with Crippen LogP contribution in [0.25, 0.3) is 0 Å². The van der Waals surface area contributed by atoms with E-state index in [9.17, 15) is 0 Å². The molecule has 0 saturated heterocycles. The molecule has 2 aromatic carbocycles. The van der Waals surface area contributed by atoms with Crippen molar-refractivity contribution in [2.75, 3.05) is 12.4 Å². The SMILES string of the molecule is CCCCn1nnnc1NCc1c(Br)ccc(OC)c1OCc1c(Cl)cccc1Cl. The monoisotopic (exact) mass is 513 g/mol. The van der Waals surface area contributed by atoms with Gasteiger partial charge in [0.2, 0.25) is 5.95 Å². The van der Waals surface area contributed by atoms with E-state index in [-0.39, 0.29) is 6.61 Å². The van der Waals surface area contributed by atoms with Crippen molar-refractivity contribution in [2.45, 2.75) is 39.5 Å². The Morgan fingerprint density at radius 1 is 1.13 bits per heavy atom. The number of nitrogens with zero attached hydrogens (tertiary/aromatic N) is 4. The molecule has 0 aliphatic heterocycles. The molecule has 1 N–H and O–H groups in total. The van der Waals surface area contributed by atoms with E-state index in [1.54, 1.807) is 30.0 Å². The molecule has 30 heavy (non-hydrogen) atoms. The fourth-order valence-corrected chi connectivity index (χ4v) is 3.80. The van der Waals surface area contributed by atoms with Gasteiger partial charge in [-0.05, 0) is 41.1 Å². The zero-order valence-corrected chi connectivity index (χ0v) is 19.8. The van der Waals surface area contributed by atoms with Crippen LogP contribution >= 0.6 is 39.1 Å². The van der Waals surface area contributed by atoms with Gasteiger partial charge in [-0.3, -0.25) is 0 Å². The molecule has 3 rings (SSSR count). The highest BCUT2D eigenvalue weighted by atomic mass is 79.9. The fraction of sp³-hybridized carbons (Fsp3) is 0.350. The fourth-order valence-electron chi connectivity index (χ4n) is 2.84. The van der Waals surface area contributed by atoms with Crippen molar-refractivity contribution in [3.63, 3.8) is 0 Å². The Labute approximate surface area is 193 Å². The molecule has 0 atom stereocenters. The molecular formula is C20H22BrCl2N5O2. The molecule has 1 aromatic heterocycles. The number of ether oxygens (including phenoxy) is 2. The van der Waals surface area contributed by atoms with Crippen LogP contribution in [0.2, 0.25) is 10.0 Å². The number of aryl methyl sites for hydroxylation is 1. The van der Waals surface area contributed by atoms with Crippen LogP contribution in [0.15, 0.2) is 34.8 Å². The molecule has 3 aromatic rings. The van der Waals surface area contributed by atoms with E-state index >= 15 is 0 Å². The van der Waals surface area contributed by atoms with Gasteiger partial charge in [-0.1, -0.05) is 63.6 Å². The van der Waals surface area contributed by atoms with E-state index < -0.39 is 0 Å². The summed E-state index contributed by atoms with van der Waals surface area (Å²) in [7, 11) is 1.60. The van der Waals surface area contributed by atoms with Gasteiger partial charge in [0.25, 0.3) is 0 Å². The quantitative estimate of drug-likeness (QED) is 0.371. The first-order chi connectivity index (χ1) is 14.5. The highest BCUT2D eigenvalue weighted by molar-refractivity contribution is 9.10. The van der Waals surface area contributed by atoms with E-state index in [0.29, 0.717) is 39.6 Å². The molecule has 0 fully saturated rings. The van der Waals surface area contributed by atoms with E-state index in [1.807, 2.05) is 12.1 Å². The lowest BCUT2D eigenvalue weighted by Gasteiger charge is -2.18. The summed E-state index contributed by atoms with van der Waals surface area (Å²) in [6, 6.07) is 9.10. The molecule has 0 aliphatic carbocycles. The minimum absolute atomic E-state index is 0.201. The van der Waals surface area contributed by atoms with Gasteiger partial charge < -0.3 is 14.8 Å². The lowest BCUT2D eigenvalue weighted by atomic mass is 10.1. The van der Waals surface area contributed by atoms with Crippen LogP contribution in [0, 0.1) is 0 Å². The third kappa shape index (κ3) is 5.36. The molecule has 0 radical (unpaired) electrons. The maximum Gasteiger partial charge on any atom is 0.243 e. The largest absolute Gasteiger partial charge is 0.493 e. The number of nitrogens with one attached hydrogen (secondary N) is 1. The molecule has 0 aliphatic rings. The molecule has 7 nitrogen and oxygen atoms in total. The number of rotatable bonds is 10. The van der Waals surface area contributed by atoms with Crippen molar-refractivity contribution in [3.8, 4) is 11.5 Å². The third-order valence-corrected chi connectivity index (χ3v) is 5.94. The van der Waals surface area contributed by atoms with Crippen LogP contribution in [0.3, 0.4) is 0 Å². The Bertz CT molecular complexity index is 979. The first kappa shape index (κ1) is 22.7. The summed E-state index contributed by atoms with van der Waals surface area (Å²) in [5.74, 6) is 1.78. The number of hydrogen-bond acceptors (Lipinski definition) is 6. The molecule has 0 bridgehead atoms. The summed E-state index contributed by atoms with van der Waals surface area (Å²) in [5, 5.41) is 16.2. The second-order valence-electron chi connectivity index (χ2n) is 6.48. The van der Waals surface area contributed by atoms with Gasteiger partial charge in [0.05, 0.1) is 7.11 Å². The minimum Gasteiger partial charge on any atom is -0.493 e. The summed E-state index contributed by atoms with van der Waals surface area (Å²) in [5.41, 5.74) is 1.58.